The van der Waals surface area contributed by atoms with Crippen LogP contribution in [0.2, 0.25) is 0 Å². The van der Waals surface area contributed by atoms with Crippen molar-refractivity contribution in [3.8, 4) is 45.5 Å². The lowest BCUT2D eigenvalue weighted by Gasteiger charge is -2.34. The Labute approximate surface area is 396 Å². The number of anilines is 3. The maximum atomic E-state index is 5.35. The minimum absolute atomic E-state index is 0.568. The van der Waals surface area contributed by atoms with Crippen LogP contribution in [0.4, 0.5) is 17.1 Å². The second-order valence-corrected chi connectivity index (χ2v) is 18.0. The summed E-state index contributed by atoms with van der Waals surface area (Å²) in [5.74, 6) is 1.82. The molecule has 0 spiro atoms. The first-order valence-electron chi connectivity index (χ1n) is 23.4. The number of para-hydroxylation sites is 3. The van der Waals surface area contributed by atoms with Gasteiger partial charge in [0.1, 0.15) is 0 Å². The van der Waals surface area contributed by atoms with E-state index in [0.717, 1.165) is 83.0 Å². The largest absolute Gasteiger partial charge is 0.306 e. The van der Waals surface area contributed by atoms with Gasteiger partial charge in [0.15, 0.2) is 11.6 Å². The molecule has 4 heterocycles. The highest BCUT2D eigenvalue weighted by molar-refractivity contribution is 6.27. The van der Waals surface area contributed by atoms with Crippen molar-refractivity contribution in [1.29, 1.82) is 0 Å². The van der Waals surface area contributed by atoms with Gasteiger partial charge in [-0.1, -0.05) is 170 Å². The molecule has 0 radical (unpaired) electrons. The minimum atomic E-state index is 0.568. The maximum absolute atomic E-state index is 5.35. The number of aromatic nitrogens is 5. The molecule has 0 fully saturated rings. The van der Waals surface area contributed by atoms with Crippen LogP contribution in [0.15, 0.2) is 231 Å². The highest BCUT2D eigenvalue weighted by Crippen LogP contribution is 2.52. The zero-order valence-corrected chi connectivity index (χ0v) is 37.1. The lowest BCUT2D eigenvalue weighted by molar-refractivity contribution is 0.954. The van der Waals surface area contributed by atoms with Crippen molar-refractivity contribution < 1.29 is 0 Å². The first-order valence-corrected chi connectivity index (χ1v) is 23.4. The fourth-order valence-corrected chi connectivity index (χ4v) is 11.1. The molecule has 0 aliphatic carbocycles. The number of hydrogen-bond donors (Lipinski definition) is 0. The van der Waals surface area contributed by atoms with Gasteiger partial charge >= 0.3 is 0 Å². The van der Waals surface area contributed by atoms with Gasteiger partial charge in [0.2, 0.25) is 5.95 Å². The van der Waals surface area contributed by atoms with Crippen LogP contribution >= 0.6 is 0 Å². The first kappa shape index (κ1) is 37.8. The molecule has 0 bridgehead atoms. The molecule has 0 unspecified atom stereocenters. The third kappa shape index (κ3) is 5.63. The van der Waals surface area contributed by atoms with Crippen molar-refractivity contribution in [2.45, 2.75) is 0 Å². The molecule has 1 aliphatic rings. The summed E-state index contributed by atoms with van der Waals surface area (Å²) in [5, 5.41) is 11.8. The molecule has 6 heteroatoms. The molecule has 0 saturated heterocycles. The van der Waals surface area contributed by atoms with Crippen LogP contribution < -0.4 is 4.90 Å². The number of benzene rings is 11. The summed E-state index contributed by atoms with van der Waals surface area (Å²) in [6.45, 7) is 0. The fourth-order valence-electron chi connectivity index (χ4n) is 11.1. The van der Waals surface area contributed by atoms with E-state index in [1.165, 1.54) is 38.0 Å². The van der Waals surface area contributed by atoms with E-state index in [1.54, 1.807) is 0 Å². The van der Waals surface area contributed by atoms with Crippen molar-refractivity contribution in [1.82, 2.24) is 24.1 Å². The lowest BCUT2D eigenvalue weighted by Crippen LogP contribution is -2.18. The summed E-state index contributed by atoms with van der Waals surface area (Å²) >= 11 is 0. The van der Waals surface area contributed by atoms with Crippen molar-refractivity contribution in [3.63, 3.8) is 0 Å². The first-order chi connectivity index (χ1) is 34.2. The van der Waals surface area contributed by atoms with Crippen LogP contribution in [-0.2, 0) is 0 Å². The molecule has 0 N–H and O–H groups in total. The summed E-state index contributed by atoms with van der Waals surface area (Å²) < 4.78 is 4.69. The van der Waals surface area contributed by atoms with Crippen molar-refractivity contribution >= 4 is 93.0 Å². The van der Waals surface area contributed by atoms with E-state index in [0.29, 0.717) is 17.6 Å². The monoisotopic (exact) mass is 878 g/mol. The Kier molecular flexibility index (Phi) is 7.97. The van der Waals surface area contributed by atoms with Gasteiger partial charge in [0.05, 0.1) is 39.1 Å². The summed E-state index contributed by atoms with van der Waals surface area (Å²) in [5.41, 5.74) is 13.2. The van der Waals surface area contributed by atoms with E-state index in [4.69, 9.17) is 15.0 Å². The van der Waals surface area contributed by atoms with E-state index >= 15 is 0 Å². The molecule has 15 rings (SSSR count). The van der Waals surface area contributed by atoms with Crippen molar-refractivity contribution in [2.24, 2.45) is 0 Å². The summed E-state index contributed by atoms with van der Waals surface area (Å²) in [6, 6.07) is 82.8. The van der Waals surface area contributed by atoms with Gasteiger partial charge < -0.3 is 9.47 Å². The van der Waals surface area contributed by atoms with E-state index in [1.807, 2.05) is 0 Å². The summed E-state index contributed by atoms with van der Waals surface area (Å²) in [7, 11) is 0. The Balaban J connectivity index is 0.942. The van der Waals surface area contributed by atoms with Gasteiger partial charge in [-0.2, -0.15) is 9.97 Å². The van der Waals surface area contributed by atoms with Crippen molar-refractivity contribution in [2.75, 3.05) is 4.90 Å². The standard InChI is InChI=1S/C63H38N6/c1-2-20-46(21-3-1)67-57-37-43(32-34-56(57)68-54-28-13-11-25-51(54)59-48-23-9-7-18-44(48)38-58(67)60(59)68)42-31-33-55-52(36-42)49-24-10-12-27-53(49)69(55)63-65-61(45-30-29-39-15-4-5-17-41(39)35-45)64-62(66-63)50-26-14-19-40-16-6-8-22-47(40)50/h1-38H. The Morgan fingerprint density at radius 3 is 1.78 bits per heavy atom. The predicted octanol–water partition coefficient (Wildman–Crippen LogP) is 16.3. The zero-order chi connectivity index (χ0) is 45.2. The molecule has 69 heavy (non-hydrogen) atoms. The molecule has 1 aliphatic heterocycles. The molecule has 0 atom stereocenters. The number of hydrogen-bond acceptors (Lipinski definition) is 4. The third-order valence-corrected chi connectivity index (χ3v) is 14.2. The molecular formula is C63H38N6. The van der Waals surface area contributed by atoms with Gasteiger partial charge in [-0.3, -0.25) is 4.57 Å². The average Bonchev–Trinajstić information content (AvgIpc) is 3.95. The second-order valence-electron chi connectivity index (χ2n) is 18.0. The third-order valence-electron chi connectivity index (χ3n) is 14.2. The average molecular weight is 879 g/mol. The molecule has 11 aromatic carbocycles. The Morgan fingerprint density at radius 1 is 0.304 bits per heavy atom. The Morgan fingerprint density at radius 2 is 0.928 bits per heavy atom. The molecule has 0 saturated carbocycles. The molecular weight excluding hydrogens is 841 g/mol. The smallest absolute Gasteiger partial charge is 0.238 e. The highest BCUT2D eigenvalue weighted by atomic mass is 15.2. The molecule has 14 aromatic rings. The quantitative estimate of drug-likeness (QED) is 0.173. The predicted molar refractivity (Wildman–Crippen MR) is 286 cm³/mol. The molecule has 320 valence electrons. The van der Waals surface area contributed by atoms with Gasteiger partial charge in [-0.05, 0) is 104 Å². The minimum Gasteiger partial charge on any atom is -0.306 e. The second kappa shape index (κ2) is 14.6. The Hall–Kier alpha value is -9.39. The lowest BCUT2D eigenvalue weighted by atomic mass is 9.98. The number of fused-ring (bicyclic) bond motifs is 12. The molecule has 0 amide bonds. The topological polar surface area (TPSA) is 51.8 Å². The van der Waals surface area contributed by atoms with Gasteiger partial charge in [-0.25, -0.2) is 4.98 Å². The number of nitrogens with zero attached hydrogens (tertiary/aromatic N) is 6. The van der Waals surface area contributed by atoms with Crippen LogP contribution in [0.1, 0.15) is 0 Å². The van der Waals surface area contributed by atoms with Crippen LogP contribution in [-0.4, -0.2) is 24.1 Å². The van der Waals surface area contributed by atoms with E-state index in [2.05, 4.69) is 245 Å². The van der Waals surface area contributed by atoms with Crippen LogP contribution in [0, 0.1) is 0 Å². The van der Waals surface area contributed by atoms with Gasteiger partial charge in [0.25, 0.3) is 0 Å². The van der Waals surface area contributed by atoms with E-state index in [-0.39, 0.29) is 0 Å². The van der Waals surface area contributed by atoms with Crippen LogP contribution in [0.25, 0.3) is 121 Å². The summed E-state index contributed by atoms with van der Waals surface area (Å²) in [4.78, 5) is 18.4. The van der Waals surface area contributed by atoms with E-state index in [9.17, 15) is 0 Å². The SMILES string of the molecule is c1ccc(N2c3cc(-c4ccc5c(c4)c4ccccc4n5-c4nc(-c5ccc6ccccc6c5)nc(-c5cccc6ccccc56)n4)ccc3-n3c4ccccc4c4c5ccccc5cc2c43)cc1. The summed E-state index contributed by atoms with van der Waals surface area (Å²) in [6.07, 6.45) is 0. The van der Waals surface area contributed by atoms with Gasteiger partial charge in [0, 0.05) is 38.4 Å². The van der Waals surface area contributed by atoms with Crippen LogP contribution in [0.3, 0.4) is 0 Å². The molecule has 6 nitrogen and oxygen atoms in total. The number of rotatable bonds is 5. The maximum Gasteiger partial charge on any atom is 0.238 e. The van der Waals surface area contributed by atoms with Crippen LogP contribution in [0.5, 0.6) is 0 Å². The van der Waals surface area contributed by atoms with Gasteiger partial charge in [-0.15, -0.1) is 0 Å². The highest BCUT2D eigenvalue weighted by Gasteiger charge is 2.30. The molecule has 3 aromatic heterocycles. The van der Waals surface area contributed by atoms with E-state index < -0.39 is 0 Å². The Bertz CT molecular complexity index is 4440. The van der Waals surface area contributed by atoms with Crippen molar-refractivity contribution in [3.05, 3.63) is 231 Å². The fraction of sp³-hybridized carbons (Fsp3) is 0. The normalized spacial score (nSPS) is 12.3. The zero-order valence-electron chi connectivity index (χ0n) is 37.1.